The van der Waals surface area contributed by atoms with Crippen LogP contribution in [-0.4, -0.2) is 193 Å². The third-order valence-corrected chi connectivity index (χ3v) is 13.5. The predicted molar refractivity (Wildman–Crippen MR) is 322 cm³/mol. The van der Waals surface area contributed by atoms with Crippen LogP contribution in [0.2, 0.25) is 0 Å². The molecule has 492 valence electrons. The molecule has 0 aliphatic carbocycles. The molecule has 0 aromatic carbocycles. The predicted octanol–water partition coefficient (Wildman–Crippen LogP) is 1.75. The largest absolute Gasteiger partial charge is 0.481 e. The van der Waals surface area contributed by atoms with Gasteiger partial charge in [0.1, 0.15) is 25.3 Å². The van der Waals surface area contributed by atoms with E-state index in [9.17, 15) is 57.8 Å². The number of unbranched alkanes of at least 4 members (excludes halogenated alkanes) is 14. The molecule has 86 heavy (non-hydrogen) atoms. The summed E-state index contributed by atoms with van der Waals surface area (Å²) in [5.41, 5.74) is 5.27. The summed E-state index contributed by atoms with van der Waals surface area (Å²) in [7, 11) is 5.49. The molecular weight excluding hydrogens is 1120 g/mol. The van der Waals surface area contributed by atoms with E-state index in [-0.39, 0.29) is 147 Å². The van der Waals surface area contributed by atoms with Gasteiger partial charge in [0, 0.05) is 77.3 Å². The number of carbonyl (C=O) groups is 11. The Labute approximate surface area is 510 Å². The SMILES string of the molecule is [B]N[C@@H](CCCCNC(=O)CC[C@@H](C)NC(=O)CCCNC(=O)COCCOCCNC(=O)COCCOCCNC(=O)CC[C@H](NC(=O)CCCNC(=O)CCCCCCCCCCCCCCCCC(=O)O)C(=O)O)C(=O)N[C@@H](CC)C(N)=O. The summed E-state index contributed by atoms with van der Waals surface area (Å²) in [5.74, 6) is -5.09. The fourth-order valence-electron chi connectivity index (χ4n) is 8.50. The zero-order valence-electron chi connectivity index (χ0n) is 51.5. The van der Waals surface area contributed by atoms with Crippen molar-refractivity contribution in [1.82, 2.24) is 47.8 Å². The monoisotopic (exact) mass is 1220 g/mol. The topological polar surface area (TPSA) is 399 Å². The molecule has 0 aliphatic heterocycles. The highest BCUT2D eigenvalue weighted by Crippen LogP contribution is 2.14. The minimum absolute atomic E-state index is 0.0255. The van der Waals surface area contributed by atoms with Crippen LogP contribution < -0.4 is 53.5 Å². The van der Waals surface area contributed by atoms with E-state index >= 15 is 0 Å². The van der Waals surface area contributed by atoms with Gasteiger partial charge in [-0.3, -0.25) is 47.9 Å². The first kappa shape index (κ1) is 80.0. The fourth-order valence-corrected chi connectivity index (χ4v) is 8.50. The van der Waals surface area contributed by atoms with Gasteiger partial charge >= 0.3 is 11.9 Å². The van der Waals surface area contributed by atoms with Crippen LogP contribution in [0.1, 0.15) is 194 Å². The number of primary amides is 1. The molecule has 9 amide bonds. The molecule has 28 heteroatoms. The second-order valence-electron chi connectivity index (χ2n) is 21.2. The molecule has 27 nitrogen and oxygen atoms in total. The van der Waals surface area contributed by atoms with Gasteiger partial charge in [-0.2, -0.15) is 0 Å². The van der Waals surface area contributed by atoms with E-state index in [0.717, 1.165) is 44.9 Å². The highest BCUT2D eigenvalue weighted by atomic mass is 16.5. The Hall–Kier alpha value is -5.97. The molecule has 0 saturated carbocycles. The van der Waals surface area contributed by atoms with Crippen molar-refractivity contribution in [3.05, 3.63) is 0 Å². The third-order valence-electron chi connectivity index (χ3n) is 13.5. The molecule has 2 radical (unpaired) electrons. The minimum Gasteiger partial charge on any atom is -0.481 e. The van der Waals surface area contributed by atoms with Gasteiger partial charge in [0.2, 0.25) is 53.2 Å². The lowest BCUT2D eigenvalue weighted by atomic mass is 10.0. The first-order valence-corrected chi connectivity index (χ1v) is 31.1. The number of rotatable bonds is 60. The highest BCUT2D eigenvalue weighted by molar-refractivity contribution is 6.07. The lowest BCUT2D eigenvalue weighted by Crippen LogP contribution is -2.51. The van der Waals surface area contributed by atoms with Crippen LogP contribution in [-0.2, 0) is 71.7 Å². The van der Waals surface area contributed by atoms with E-state index in [4.69, 9.17) is 37.8 Å². The summed E-state index contributed by atoms with van der Waals surface area (Å²) in [6, 6.07) is -2.97. The molecule has 0 aromatic rings. The van der Waals surface area contributed by atoms with E-state index in [0.29, 0.717) is 64.5 Å². The smallest absolute Gasteiger partial charge is 0.326 e. The number of nitrogens with one attached hydrogen (secondary N) is 9. The Morgan fingerprint density at radius 2 is 0.802 bits per heavy atom. The first-order chi connectivity index (χ1) is 41.4. The summed E-state index contributed by atoms with van der Waals surface area (Å²) < 4.78 is 21.4. The third kappa shape index (κ3) is 51.3. The zero-order valence-corrected chi connectivity index (χ0v) is 51.5. The molecule has 0 saturated heterocycles. The summed E-state index contributed by atoms with van der Waals surface area (Å²) in [6.45, 7) is 5.42. The summed E-state index contributed by atoms with van der Waals surface area (Å²) in [4.78, 5) is 132. The van der Waals surface area contributed by atoms with E-state index < -0.39 is 53.7 Å². The number of aliphatic carboxylic acids is 2. The number of hydrogen-bond acceptors (Lipinski definition) is 16. The quantitative estimate of drug-likeness (QED) is 0.0305. The van der Waals surface area contributed by atoms with Crippen molar-refractivity contribution in [3.8, 4) is 0 Å². The number of carboxylic acid groups (broad SMARTS) is 2. The lowest BCUT2D eigenvalue weighted by molar-refractivity contribution is -0.142. The Balaban J connectivity index is 3.77. The fraction of sp³-hybridized carbons (Fsp3) is 0.810. The summed E-state index contributed by atoms with van der Waals surface area (Å²) in [5, 5.41) is 42.1. The normalized spacial score (nSPS) is 12.4. The molecule has 0 heterocycles. The number of amides is 9. The molecule has 0 unspecified atom stereocenters. The average Bonchev–Trinajstić information content (AvgIpc) is 3.49. The molecule has 0 aliphatic rings. The van der Waals surface area contributed by atoms with E-state index in [2.05, 4.69) is 47.8 Å². The Kier molecular flexibility index (Phi) is 51.7. The van der Waals surface area contributed by atoms with Crippen molar-refractivity contribution in [2.24, 2.45) is 5.73 Å². The number of hydrogen-bond donors (Lipinski definition) is 12. The van der Waals surface area contributed by atoms with E-state index in [1.54, 1.807) is 13.8 Å². The van der Waals surface area contributed by atoms with Crippen LogP contribution in [0, 0.1) is 0 Å². The molecule has 0 rings (SSSR count). The molecule has 0 spiro atoms. The molecule has 13 N–H and O–H groups in total. The van der Waals surface area contributed by atoms with Crippen molar-refractivity contribution in [3.63, 3.8) is 0 Å². The molecule has 4 atom stereocenters. The Morgan fingerprint density at radius 1 is 0.395 bits per heavy atom. The molecule has 0 bridgehead atoms. The Morgan fingerprint density at radius 3 is 1.28 bits per heavy atom. The van der Waals surface area contributed by atoms with E-state index in [1.807, 2.05) is 0 Å². The molecule has 0 aromatic heterocycles. The van der Waals surface area contributed by atoms with Gasteiger partial charge in [0.15, 0.2) is 7.98 Å². The van der Waals surface area contributed by atoms with Gasteiger partial charge in [-0.15, -0.1) is 0 Å². The molecule has 0 fully saturated rings. The second-order valence-corrected chi connectivity index (χ2v) is 21.2. The van der Waals surface area contributed by atoms with Crippen LogP contribution >= 0.6 is 0 Å². The van der Waals surface area contributed by atoms with Crippen LogP contribution in [0.5, 0.6) is 0 Å². The number of nitrogens with two attached hydrogens (primary N) is 1. The average molecular weight is 1230 g/mol. The Bertz CT molecular complexity index is 1930. The maximum Gasteiger partial charge on any atom is 0.326 e. The highest BCUT2D eigenvalue weighted by Gasteiger charge is 2.23. The lowest BCUT2D eigenvalue weighted by Gasteiger charge is -2.20. The van der Waals surface area contributed by atoms with Crippen LogP contribution in [0.4, 0.5) is 0 Å². The van der Waals surface area contributed by atoms with Crippen molar-refractivity contribution < 1.29 is 81.9 Å². The van der Waals surface area contributed by atoms with Crippen LogP contribution in [0.25, 0.3) is 0 Å². The number of ether oxygens (including phenoxy) is 4. The summed E-state index contributed by atoms with van der Waals surface area (Å²) in [6.07, 6.45) is 19.4. The maximum absolute atomic E-state index is 12.4. The van der Waals surface area contributed by atoms with Crippen molar-refractivity contribution in [2.75, 3.05) is 85.6 Å². The number of carbonyl (C=O) groups excluding carboxylic acids is 9. The van der Waals surface area contributed by atoms with Gasteiger partial charge in [-0.1, -0.05) is 84.0 Å². The maximum atomic E-state index is 12.4. The number of carboxylic acids is 2. The van der Waals surface area contributed by atoms with E-state index in [1.165, 1.54) is 44.9 Å². The first-order valence-electron chi connectivity index (χ1n) is 31.1. The van der Waals surface area contributed by atoms with Gasteiger partial charge < -0.3 is 82.7 Å². The van der Waals surface area contributed by atoms with Crippen molar-refractivity contribution in [2.45, 2.75) is 218 Å². The molecular formula is C58H105BN10O17. The second kappa shape index (κ2) is 55.6. The van der Waals surface area contributed by atoms with Gasteiger partial charge in [-0.05, 0) is 71.1 Å². The zero-order chi connectivity index (χ0) is 63.8. The minimum atomic E-state index is -1.26. The van der Waals surface area contributed by atoms with Crippen LogP contribution in [0.3, 0.4) is 0 Å². The summed E-state index contributed by atoms with van der Waals surface area (Å²) >= 11 is 0. The van der Waals surface area contributed by atoms with Crippen molar-refractivity contribution in [1.29, 1.82) is 0 Å². The van der Waals surface area contributed by atoms with Gasteiger partial charge in [0.05, 0.1) is 45.7 Å². The van der Waals surface area contributed by atoms with Crippen molar-refractivity contribution >= 4 is 73.1 Å². The van der Waals surface area contributed by atoms with Gasteiger partial charge in [-0.25, -0.2) is 4.79 Å². The van der Waals surface area contributed by atoms with Crippen LogP contribution in [0.15, 0.2) is 0 Å². The standard InChI is InChI=1S/C58H105BN10O17/c1-3-45(56(60)79)68-57(80)46(69-59)22-18-19-31-61-49(71)29-27-44(2)66-51(73)24-20-33-63-53(75)42-85-40-39-84-37-35-65-54(76)43-86-41-38-83-36-34-64-50(72)30-28-47(58(81)82)67-52(74)25-21-32-62-48(70)23-16-14-12-10-8-6-4-5-7-9-11-13-15-17-26-55(77)78/h44-47,69H,3-43H2,1-2H3,(H2,60,79)(H,61,71)(H,62,70)(H,63,75)(H,64,72)(H,65,76)(H,66,73)(H,67,74)(H,68,80)(H,77,78)(H,81,82)/t44-,45+,46+,47+/m1/s1. The van der Waals surface area contributed by atoms with Gasteiger partial charge in [0.25, 0.3) is 0 Å².